The third kappa shape index (κ3) is 8.70. The molecule has 0 bridgehead atoms. The van der Waals surface area contributed by atoms with E-state index in [1.165, 1.54) is 0 Å². The van der Waals surface area contributed by atoms with Gasteiger partial charge in [0.15, 0.2) is 0 Å². The molecule has 98 valence electrons. The second-order valence-electron chi connectivity index (χ2n) is 2.37. The maximum absolute atomic E-state index is 10.2. The number of rotatable bonds is 4. The van der Waals surface area contributed by atoms with Crippen molar-refractivity contribution in [1.82, 2.24) is 9.66 Å². The van der Waals surface area contributed by atoms with Crippen molar-refractivity contribution in [2.75, 3.05) is 0 Å². The Hall–Kier alpha value is -1.08. The normalized spacial score (nSPS) is 11.4. The Kier molecular flexibility index (Phi) is 6.82. The Balaban J connectivity index is 0.000000354. The van der Waals surface area contributed by atoms with Gasteiger partial charge in [-0.1, -0.05) is 36.4 Å². The number of hydrazine groups is 2. The minimum atomic E-state index is -4.49. The lowest BCUT2D eigenvalue weighted by Crippen LogP contribution is -2.39. The van der Waals surface area contributed by atoms with E-state index in [1.807, 2.05) is 36.4 Å². The third-order valence-electron chi connectivity index (χ3n) is 1.13. The summed E-state index contributed by atoms with van der Waals surface area (Å²) in [5.41, 5.74) is 0. The van der Waals surface area contributed by atoms with Gasteiger partial charge in [-0.2, -0.15) is 16.8 Å². The highest BCUT2D eigenvalue weighted by atomic mass is 32.3. The fourth-order valence-corrected chi connectivity index (χ4v) is 1.80. The Morgan fingerprint density at radius 1 is 0.706 bits per heavy atom. The van der Waals surface area contributed by atoms with E-state index >= 15 is 0 Å². The van der Waals surface area contributed by atoms with Gasteiger partial charge in [-0.25, -0.2) is 0 Å². The van der Waals surface area contributed by atoms with Gasteiger partial charge in [-0.3, -0.25) is 11.7 Å². The summed E-state index contributed by atoms with van der Waals surface area (Å²) in [4.78, 5) is 2.21. The first-order chi connectivity index (χ1) is 7.83. The average Bonchev–Trinajstić information content (AvgIpc) is 2.31. The highest BCUT2D eigenvalue weighted by Gasteiger charge is 2.19. The second kappa shape index (κ2) is 7.29. The topological polar surface area (TPSA) is 154 Å². The van der Waals surface area contributed by atoms with Crippen LogP contribution in [0.2, 0.25) is 0 Å². The molecule has 0 saturated heterocycles. The van der Waals surface area contributed by atoms with Crippen molar-refractivity contribution in [2.24, 2.45) is 11.7 Å². The zero-order valence-corrected chi connectivity index (χ0v) is 10.1. The fourth-order valence-electron chi connectivity index (χ4n) is 0.542. The number of benzene rings is 1. The maximum Gasteiger partial charge on any atom is 0.364 e. The zero-order valence-electron chi connectivity index (χ0n) is 8.48. The van der Waals surface area contributed by atoms with Gasteiger partial charge in [0.1, 0.15) is 0 Å². The summed E-state index contributed by atoms with van der Waals surface area (Å²) in [6.45, 7) is 0. The highest BCUT2D eigenvalue weighted by Crippen LogP contribution is 1.91. The van der Waals surface area contributed by atoms with E-state index in [0.717, 1.165) is 9.66 Å². The van der Waals surface area contributed by atoms with Crippen molar-refractivity contribution < 1.29 is 20.5 Å². The van der Waals surface area contributed by atoms with E-state index in [4.69, 9.17) is 0 Å². The summed E-state index contributed by atoms with van der Waals surface area (Å²) < 4.78 is 44.4. The number of nitrogens with one attached hydrogen (secondary N) is 2. The molecule has 0 unspecified atom stereocenters. The molecule has 0 amide bonds. The maximum atomic E-state index is 10.2. The first kappa shape index (κ1) is 15.9. The molecular weight excluding hydrogens is 272 g/mol. The van der Waals surface area contributed by atoms with Gasteiger partial charge in [-0.05, 0) is 0 Å². The molecule has 0 radical (unpaired) electrons. The molecule has 0 heterocycles. The monoisotopic (exact) mass is 284 g/mol. The fraction of sp³-hybridized carbons (Fsp3) is 0. The average molecular weight is 284 g/mol. The van der Waals surface area contributed by atoms with Crippen LogP contribution < -0.4 is 21.3 Å². The van der Waals surface area contributed by atoms with E-state index in [9.17, 15) is 16.8 Å². The summed E-state index contributed by atoms with van der Waals surface area (Å²) in [5, 5.41) is 0. The van der Waals surface area contributed by atoms with E-state index in [2.05, 4.69) is 15.3 Å². The molecule has 1 aromatic carbocycles. The highest BCUT2D eigenvalue weighted by molar-refractivity contribution is 7.97. The van der Waals surface area contributed by atoms with Crippen LogP contribution in [0.3, 0.4) is 0 Å². The smallest absolute Gasteiger partial charge is 0.256 e. The van der Waals surface area contributed by atoms with Crippen LogP contribution in [0.25, 0.3) is 0 Å². The predicted molar refractivity (Wildman–Crippen MR) is 60.0 cm³/mol. The van der Waals surface area contributed by atoms with Gasteiger partial charge in [0.25, 0.3) is 0 Å². The molecule has 0 saturated carbocycles. The van der Waals surface area contributed by atoms with Crippen LogP contribution in [0.5, 0.6) is 0 Å². The van der Waals surface area contributed by atoms with E-state index < -0.39 is 20.6 Å². The first-order valence-electron chi connectivity index (χ1n) is 3.99. The van der Waals surface area contributed by atoms with Gasteiger partial charge < -0.3 is 0 Å². The molecular formula is C6H12N4O5S2. The van der Waals surface area contributed by atoms with E-state index in [1.54, 1.807) is 0 Å². The van der Waals surface area contributed by atoms with Crippen LogP contribution in [-0.4, -0.2) is 16.8 Å². The van der Waals surface area contributed by atoms with Crippen LogP contribution in [0.1, 0.15) is 0 Å². The van der Waals surface area contributed by atoms with Gasteiger partial charge in [0.05, 0.1) is 0 Å². The molecule has 1 rings (SSSR count). The summed E-state index contributed by atoms with van der Waals surface area (Å²) in [6, 6.07) is 12.0. The van der Waals surface area contributed by atoms with Crippen LogP contribution in [0.4, 0.5) is 0 Å². The van der Waals surface area contributed by atoms with Gasteiger partial charge in [0.2, 0.25) is 0 Å². The minimum Gasteiger partial charge on any atom is -0.256 e. The molecule has 17 heavy (non-hydrogen) atoms. The van der Waals surface area contributed by atoms with Crippen molar-refractivity contribution in [3.8, 4) is 0 Å². The van der Waals surface area contributed by atoms with Crippen LogP contribution >= 0.6 is 0 Å². The van der Waals surface area contributed by atoms with E-state index in [-0.39, 0.29) is 0 Å². The Bertz CT molecular complexity index is 442. The SMILES string of the molecule is NNS(=O)(=O)OS(=O)(=O)NN.c1ccccc1. The molecule has 0 aliphatic carbocycles. The summed E-state index contributed by atoms with van der Waals surface area (Å²) in [5.74, 6) is 8.74. The molecule has 0 aromatic heterocycles. The summed E-state index contributed by atoms with van der Waals surface area (Å²) in [7, 11) is -8.98. The van der Waals surface area contributed by atoms with Crippen LogP contribution in [0.15, 0.2) is 36.4 Å². The van der Waals surface area contributed by atoms with E-state index in [0.29, 0.717) is 0 Å². The van der Waals surface area contributed by atoms with Gasteiger partial charge >= 0.3 is 20.6 Å². The molecule has 0 spiro atoms. The van der Waals surface area contributed by atoms with Crippen molar-refractivity contribution in [3.05, 3.63) is 36.4 Å². The quantitative estimate of drug-likeness (QED) is 0.372. The summed E-state index contributed by atoms with van der Waals surface area (Å²) in [6.07, 6.45) is 0. The molecule has 6 N–H and O–H groups in total. The Morgan fingerprint density at radius 3 is 1.12 bits per heavy atom. The van der Waals surface area contributed by atoms with Crippen molar-refractivity contribution in [1.29, 1.82) is 0 Å². The molecule has 1 aromatic rings. The standard InChI is InChI=1S/C6H6.H6N4O5S2/c1-2-4-6-5-3-1;1-3-10(5,6)9-11(7,8)4-2/h1-6H;3-4H,1-2H2. The predicted octanol–water partition coefficient (Wildman–Crippen LogP) is -1.89. The number of nitrogens with two attached hydrogens (primary N) is 2. The van der Waals surface area contributed by atoms with Gasteiger partial charge in [0, 0.05) is 0 Å². The van der Waals surface area contributed by atoms with Crippen LogP contribution in [-0.2, 0) is 24.2 Å². The number of hydrogen-bond donors (Lipinski definition) is 4. The van der Waals surface area contributed by atoms with Crippen molar-refractivity contribution in [3.63, 3.8) is 0 Å². The molecule has 0 atom stereocenters. The largest absolute Gasteiger partial charge is 0.364 e. The summed E-state index contributed by atoms with van der Waals surface area (Å²) >= 11 is 0. The Morgan fingerprint density at radius 2 is 0.941 bits per heavy atom. The lowest BCUT2D eigenvalue weighted by Gasteiger charge is -2.01. The Labute approximate surface area is 99.2 Å². The number of hydrogen-bond acceptors (Lipinski definition) is 7. The van der Waals surface area contributed by atoms with Gasteiger partial charge in [-0.15, -0.1) is 13.3 Å². The molecule has 9 nitrogen and oxygen atoms in total. The molecule has 0 aliphatic heterocycles. The molecule has 0 aliphatic rings. The third-order valence-corrected chi connectivity index (χ3v) is 3.15. The second-order valence-corrected chi connectivity index (χ2v) is 5.20. The zero-order chi connectivity index (χ0) is 13.4. The molecule has 0 fully saturated rings. The van der Waals surface area contributed by atoms with Crippen molar-refractivity contribution >= 4 is 20.6 Å². The first-order valence-corrected chi connectivity index (χ1v) is 6.80. The minimum absolute atomic E-state index is 1.11. The van der Waals surface area contributed by atoms with Crippen molar-refractivity contribution in [2.45, 2.75) is 0 Å². The van der Waals surface area contributed by atoms with Crippen LogP contribution in [0, 0.1) is 0 Å². The lowest BCUT2D eigenvalue weighted by atomic mass is 10.4. The lowest BCUT2D eigenvalue weighted by molar-refractivity contribution is 0.444. The molecule has 11 heteroatoms.